The Morgan fingerprint density at radius 1 is 1.62 bits per heavy atom. The summed E-state index contributed by atoms with van der Waals surface area (Å²) in [4.78, 5) is 4.19. The minimum atomic E-state index is -0.777. The predicted octanol–water partition coefficient (Wildman–Crippen LogP) is 0.651. The van der Waals surface area contributed by atoms with Gasteiger partial charge in [0.25, 0.3) is 0 Å². The average molecular weight is 178 g/mol. The Bertz CT molecular complexity index is 288. The summed E-state index contributed by atoms with van der Waals surface area (Å²) in [7, 11) is 0. The lowest BCUT2D eigenvalue weighted by Gasteiger charge is -2.26. The van der Waals surface area contributed by atoms with E-state index in [0.717, 1.165) is 18.7 Å². The minimum Gasteiger partial charge on any atom is -0.382 e. The van der Waals surface area contributed by atoms with E-state index in [9.17, 15) is 5.11 Å². The van der Waals surface area contributed by atoms with Crippen molar-refractivity contribution in [2.24, 2.45) is 0 Å². The summed E-state index contributed by atoms with van der Waals surface area (Å²) in [5.41, 5.74) is -0.00569. The normalized spacial score (nSPS) is 33.5. The predicted molar refractivity (Wildman–Crippen MR) is 50.2 cm³/mol. The van der Waals surface area contributed by atoms with Gasteiger partial charge in [-0.15, -0.1) is 0 Å². The first-order valence-corrected chi connectivity index (χ1v) is 4.61. The van der Waals surface area contributed by atoms with Crippen LogP contribution < -0.4 is 5.32 Å². The molecule has 0 aromatic carbocycles. The summed E-state index contributed by atoms with van der Waals surface area (Å²) in [5, 5.41) is 13.5. The highest BCUT2D eigenvalue weighted by molar-refractivity contribution is 5.17. The Morgan fingerprint density at radius 3 is 3.00 bits per heavy atom. The molecule has 0 radical (unpaired) electrons. The molecule has 0 bridgehead atoms. The molecule has 3 heteroatoms. The Morgan fingerprint density at radius 2 is 2.46 bits per heavy atom. The molecule has 2 atom stereocenters. The second-order valence-corrected chi connectivity index (χ2v) is 3.57. The van der Waals surface area contributed by atoms with Gasteiger partial charge in [0.15, 0.2) is 0 Å². The molecule has 3 nitrogen and oxygen atoms in total. The molecule has 1 fully saturated rings. The third-order valence-electron chi connectivity index (χ3n) is 2.78. The molecule has 1 aromatic heterocycles. The summed E-state index contributed by atoms with van der Waals surface area (Å²) in [6, 6.07) is 5.73. The van der Waals surface area contributed by atoms with E-state index < -0.39 is 5.60 Å². The summed E-state index contributed by atoms with van der Waals surface area (Å²) in [5.74, 6) is 0. The topological polar surface area (TPSA) is 45.1 Å². The average Bonchev–Trinajstić information content (AvgIpc) is 2.50. The third kappa shape index (κ3) is 1.34. The van der Waals surface area contributed by atoms with Gasteiger partial charge in [0, 0.05) is 12.2 Å². The number of hydrogen-bond acceptors (Lipinski definition) is 3. The number of hydrogen-bond donors (Lipinski definition) is 2. The monoisotopic (exact) mass is 178 g/mol. The van der Waals surface area contributed by atoms with Crippen molar-refractivity contribution in [1.29, 1.82) is 0 Å². The molecule has 0 spiro atoms. The summed E-state index contributed by atoms with van der Waals surface area (Å²) in [6.07, 6.45) is 2.46. The fourth-order valence-corrected chi connectivity index (χ4v) is 1.83. The van der Waals surface area contributed by atoms with Crippen LogP contribution in [0.1, 0.15) is 19.0 Å². The van der Waals surface area contributed by atoms with Crippen LogP contribution in [-0.2, 0) is 5.60 Å². The van der Waals surface area contributed by atoms with Gasteiger partial charge in [0.2, 0.25) is 0 Å². The molecular weight excluding hydrogens is 164 g/mol. The Balaban J connectivity index is 2.34. The van der Waals surface area contributed by atoms with E-state index in [0.29, 0.717) is 0 Å². The van der Waals surface area contributed by atoms with Crippen molar-refractivity contribution >= 4 is 0 Å². The minimum absolute atomic E-state index is 0.0856. The Labute approximate surface area is 77.8 Å². The third-order valence-corrected chi connectivity index (χ3v) is 2.78. The molecule has 70 valence electrons. The van der Waals surface area contributed by atoms with Gasteiger partial charge < -0.3 is 10.4 Å². The molecule has 1 aliphatic heterocycles. The molecule has 0 saturated carbocycles. The van der Waals surface area contributed by atoms with Gasteiger partial charge in [-0.25, -0.2) is 0 Å². The largest absolute Gasteiger partial charge is 0.382 e. The van der Waals surface area contributed by atoms with Crippen molar-refractivity contribution in [2.45, 2.75) is 25.0 Å². The van der Waals surface area contributed by atoms with E-state index in [-0.39, 0.29) is 6.04 Å². The van der Waals surface area contributed by atoms with Crippen LogP contribution in [0.4, 0.5) is 0 Å². The van der Waals surface area contributed by atoms with E-state index in [2.05, 4.69) is 10.3 Å². The van der Waals surface area contributed by atoms with Crippen molar-refractivity contribution in [1.82, 2.24) is 10.3 Å². The zero-order chi connectivity index (χ0) is 9.31. The SMILES string of the molecule is CC1NCCC1(O)c1ccccn1. The summed E-state index contributed by atoms with van der Waals surface area (Å²) in [6.45, 7) is 2.84. The lowest BCUT2D eigenvalue weighted by atomic mass is 9.92. The van der Waals surface area contributed by atoms with Crippen LogP contribution in [0.25, 0.3) is 0 Å². The van der Waals surface area contributed by atoms with Gasteiger partial charge >= 0.3 is 0 Å². The van der Waals surface area contributed by atoms with Gasteiger partial charge in [-0.05, 0) is 32.0 Å². The Kier molecular flexibility index (Phi) is 2.06. The maximum absolute atomic E-state index is 10.3. The number of nitrogens with zero attached hydrogens (tertiary/aromatic N) is 1. The quantitative estimate of drug-likeness (QED) is 0.663. The maximum atomic E-state index is 10.3. The van der Waals surface area contributed by atoms with Gasteiger partial charge in [0.05, 0.1) is 5.69 Å². The van der Waals surface area contributed by atoms with Crippen molar-refractivity contribution < 1.29 is 5.11 Å². The number of rotatable bonds is 1. The number of aromatic nitrogens is 1. The van der Waals surface area contributed by atoms with E-state index in [4.69, 9.17) is 0 Å². The van der Waals surface area contributed by atoms with Crippen LogP contribution in [0.15, 0.2) is 24.4 Å². The molecular formula is C10H14N2O. The molecule has 0 aliphatic carbocycles. The summed E-state index contributed by atoms with van der Waals surface area (Å²) < 4.78 is 0. The number of pyridine rings is 1. The standard InChI is InChI=1S/C10H14N2O/c1-8-10(13,5-7-11-8)9-4-2-3-6-12-9/h2-4,6,8,11,13H,5,7H2,1H3. The summed E-state index contributed by atoms with van der Waals surface area (Å²) >= 11 is 0. The molecule has 1 saturated heterocycles. The molecule has 2 unspecified atom stereocenters. The molecule has 1 aromatic rings. The number of nitrogens with one attached hydrogen (secondary N) is 1. The fourth-order valence-electron chi connectivity index (χ4n) is 1.83. The fraction of sp³-hybridized carbons (Fsp3) is 0.500. The molecule has 2 N–H and O–H groups in total. The first-order valence-electron chi connectivity index (χ1n) is 4.61. The Hall–Kier alpha value is -0.930. The van der Waals surface area contributed by atoms with Crippen LogP contribution >= 0.6 is 0 Å². The van der Waals surface area contributed by atoms with E-state index >= 15 is 0 Å². The maximum Gasteiger partial charge on any atom is 0.123 e. The van der Waals surface area contributed by atoms with Crippen LogP contribution in [0.2, 0.25) is 0 Å². The van der Waals surface area contributed by atoms with Crippen LogP contribution in [-0.4, -0.2) is 22.7 Å². The van der Waals surface area contributed by atoms with E-state index in [1.165, 1.54) is 0 Å². The highest BCUT2D eigenvalue weighted by atomic mass is 16.3. The van der Waals surface area contributed by atoms with E-state index in [1.54, 1.807) is 6.20 Å². The second kappa shape index (κ2) is 3.09. The molecule has 0 amide bonds. The van der Waals surface area contributed by atoms with Gasteiger partial charge in [-0.1, -0.05) is 6.07 Å². The molecule has 2 heterocycles. The molecule has 1 aliphatic rings. The van der Waals surface area contributed by atoms with Gasteiger partial charge in [-0.2, -0.15) is 0 Å². The van der Waals surface area contributed by atoms with Crippen molar-refractivity contribution in [2.75, 3.05) is 6.54 Å². The van der Waals surface area contributed by atoms with Crippen LogP contribution in [0.3, 0.4) is 0 Å². The van der Waals surface area contributed by atoms with Crippen LogP contribution in [0, 0.1) is 0 Å². The van der Waals surface area contributed by atoms with Crippen molar-refractivity contribution in [3.8, 4) is 0 Å². The smallest absolute Gasteiger partial charge is 0.123 e. The zero-order valence-corrected chi connectivity index (χ0v) is 7.70. The molecule has 13 heavy (non-hydrogen) atoms. The van der Waals surface area contributed by atoms with Crippen LogP contribution in [0.5, 0.6) is 0 Å². The number of aliphatic hydroxyl groups is 1. The first kappa shape index (κ1) is 8.66. The molecule has 2 rings (SSSR count). The van der Waals surface area contributed by atoms with E-state index in [1.807, 2.05) is 25.1 Å². The van der Waals surface area contributed by atoms with Crippen molar-refractivity contribution in [3.05, 3.63) is 30.1 Å². The van der Waals surface area contributed by atoms with Crippen molar-refractivity contribution in [3.63, 3.8) is 0 Å². The highest BCUT2D eigenvalue weighted by Crippen LogP contribution is 2.30. The lowest BCUT2D eigenvalue weighted by Crippen LogP contribution is -2.38. The second-order valence-electron chi connectivity index (χ2n) is 3.57. The highest BCUT2D eigenvalue weighted by Gasteiger charge is 2.40. The van der Waals surface area contributed by atoms with Gasteiger partial charge in [0.1, 0.15) is 5.60 Å². The zero-order valence-electron chi connectivity index (χ0n) is 7.70. The van der Waals surface area contributed by atoms with Gasteiger partial charge in [-0.3, -0.25) is 4.98 Å². The lowest BCUT2D eigenvalue weighted by molar-refractivity contribution is 0.0249. The first-order chi connectivity index (χ1) is 6.23.